The van der Waals surface area contributed by atoms with Crippen molar-refractivity contribution in [3.8, 4) is 0 Å². The standard InChI is InChI=1S/C16H32N4/c1-18-8-4-5-15(11-18)20(3)16(12-17)9-13-6-7-14(10-16)19(13)2/h13-15H,4-12,17H2,1-3H3. The molecule has 3 aliphatic rings. The quantitative estimate of drug-likeness (QED) is 0.835. The smallest absolute Gasteiger partial charge is 0.0361 e. The molecule has 0 aromatic carbocycles. The maximum absolute atomic E-state index is 6.30. The van der Waals surface area contributed by atoms with Crippen molar-refractivity contribution in [3.63, 3.8) is 0 Å². The van der Waals surface area contributed by atoms with E-state index < -0.39 is 0 Å². The van der Waals surface area contributed by atoms with Crippen molar-refractivity contribution >= 4 is 0 Å². The van der Waals surface area contributed by atoms with Crippen LogP contribution in [0.1, 0.15) is 38.5 Å². The van der Waals surface area contributed by atoms with E-state index in [1.807, 2.05) is 0 Å². The third-order valence-electron chi connectivity index (χ3n) is 6.49. The number of piperidine rings is 2. The predicted octanol–water partition coefficient (Wildman–Crippen LogP) is 0.967. The first-order valence-electron chi connectivity index (χ1n) is 8.39. The molecule has 2 bridgehead atoms. The number of nitrogens with two attached hydrogens (primary N) is 1. The molecular formula is C16H32N4. The Morgan fingerprint density at radius 2 is 1.80 bits per heavy atom. The first-order valence-corrected chi connectivity index (χ1v) is 8.39. The molecule has 3 atom stereocenters. The average molecular weight is 280 g/mol. The van der Waals surface area contributed by atoms with Gasteiger partial charge in [-0.15, -0.1) is 0 Å². The molecular weight excluding hydrogens is 248 g/mol. The van der Waals surface area contributed by atoms with E-state index >= 15 is 0 Å². The minimum atomic E-state index is 0.251. The summed E-state index contributed by atoms with van der Waals surface area (Å²) < 4.78 is 0. The van der Waals surface area contributed by atoms with Crippen molar-refractivity contribution in [2.45, 2.75) is 62.2 Å². The minimum Gasteiger partial charge on any atom is -0.329 e. The van der Waals surface area contributed by atoms with Crippen LogP contribution in [0.15, 0.2) is 0 Å². The predicted molar refractivity (Wildman–Crippen MR) is 83.9 cm³/mol. The number of hydrogen-bond acceptors (Lipinski definition) is 4. The van der Waals surface area contributed by atoms with Crippen molar-refractivity contribution in [1.82, 2.24) is 14.7 Å². The number of likely N-dealkylation sites (tertiary alicyclic amines) is 1. The van der Waals surface area contributed by atoms with Gasteiger partial charge in [-0.25, -0.2) is 0 Å². The number of nitrogens with zero attached hydrogens (tertiary/aromatic N) is 3. The largest absolute Gasteiger partial charge is 0.329 e. The summed E-state index contributed by atoms with van der Waals surface area (Å²) in [7, 11) is 6.92. The fourth-order valence-electron chi connectivity index (χ4n) is 4.98. The van der Waals surface area contributed by atoms with Crippen LogP contribution in [0, 0.1) is 0 Å². The average Bonchev–Trinajstić information content (AvgIpc) is 2.68. The van der Waals surface area contributed by atoms with Crippen molar-refractivity contribution in [1.29, 1.82) is 0 Å². The van der Waals surface area contributed by atoms with Gasteiger partial charge in [0.2, 0.25) is 0 Å². The van der Waals surface area contributed by atoms with Crippen LogP contribution in [0.25, 0.3) is 0 Å². The van der Waals surface area contributed by atoms with Gasteiger partial charge in [-0.3, -0.25) is 4.90 Å². The first-order chi connectivity index (χ1) is 9.55. The van der Waals surface area contributed by atoms with Gasteiger partial charge in [-0.1, -0.05) is 0 Å². The van der Waals surface area contributed by atoms with Crippen LogP contribution in [0.4, 0.5) is 0 Å². The first kappa shape index (κ1) is 14.8. The van der Waals surface area contributed by atoms with Crippen molar-refractivity contribution in [3.05, 3.63) is 0 Å². The molecule has 0 radical (unpaired) electrons. The lowest BCUT2D eigenvalue weighted by molar-refractivity contribution is -0.0234. The molecule has 4 nitrogen and oxygen atoms in total. The lowest BCUT2D eigenvalue weighted by Crippen LogP contribution is -2.64. The zero-order chi connectivity index (χ0) is 14.3. The Hall–Kier alpha value is -0.160. The fourth-order valence-corrected chi connectivity index (χ4v) is 4.98. The molecule has 0 spiro atoms. The maximum Gasteiger partial charge on any atom is 0.0361 e. The Morgan fingerprint density at radius 3 is 2.35 bits per heavy atom. The summed E-state index contributed by atoms with van der Waals surface area (Å²) >= 11 is 0. The lowest BCUT2D eigenvalue weighted by atomic mass is 9.80. The van der Waals surface area contributed by atoms with E-state index in [1.165, 1.54) is 51.6 Å². The van der Waals surface area contributed by atoms with E-state index in [0.717, 1.165) is 18.6 Å². The summed E-state index contributed by atoms with van der Waals surface area (Å²) in [5.74, 6) is 0. The van der Waals surface area contributed by atoms with E-state index in [1.54, 1.807) is 0 Å². The van der Waals surface area contributed by atoms with Crippen LogP contribution in [-0.4, -0.2) is 79.1 Å². The third-order valence-corrected chi connectivity index (χ3v) is 6.49. The SMILES string of the molecule is CN1CCCC(N(C)C2(CN)CC3CCC(C2)N3C)C1. The van der Waals surface area contributed by atoms with Gasteiger partial charge in [0.1, 0.15) is 0 Å². The Morgan fingerprint density at radius 1 is 1.15 bits per heavy atom. The molecule has 3 aliphatic heterocycles. The van der Waals surface area contributed by atoms with Gasteiger partial charge < -0.3 is 15.5 Å². The van der Waals surface area contributed by atoms with Crippen LogP contribution >= 0.6 is 0 Å². The number of hydrogen-bond donors (Lipinski definition) is 1. The van der Waals surface area contributed by atoms with E-state index in [2.05, 4.69) is 35.8 Å². The fraction of sp³-hybridized carbons (Fsp3) is 1.00. The Balaban J connectivity index is 1.75. The van der Waals surface area contributed by atoms with Crippen LogP contribution in [-0.2, 0) is 0 Å². The second kappa shape index (κ2) is 5.56. The zero-order valence-corrected chi connectivity index (χ0v) is 13.5. The third kappa shape index (κ3) is 2.41. The molecule has 0 amide bonds. The Bertz CT molecular complexity index is 331. The van der Waals surface area contributed by atoms with Gasteiger partial charge in [0.15, 0.2) is 0 Å². The summed E-state index contributed by atoms with van der Waals surface area (Å²) in [4.78, 5) is 7.79. The molecule has 3 fully saturated rings. The minimum absolute atomic E-state index is 0.251. The molecule has 3 saturated heterocycles. The number of likely N-dealkylation sites (N-methyl/N-ethyl adjacent to an activating group) is 2. The van der Waals surface area contributed by atoms with E-state index in [0.29, 0.717) is 6.04 Å². The van der Waals surface area contributed by atoms with Gasteiger partial charge in [0.25, 0.3) is 0 Å². The second-order valence-electron chi connectivity index (χ2n) is 7.56. The molecule has 2 N–H and O–H groups in total. The van der Waals surface area contributed by atoms with E-state index in [-0.39, 0.29) is 5.54 Å². The van der Waals surface area contributed by atoms with Gasteiger partial charge >= 0.3 is 0 Å². The van der Waals surface area contributed by atoms with Crippen LogP contribution < -0.4 is 5.73 Å². The van der Waals surface area contributed by atoms with E-state index in [9.17, 15) is 0 Å². The van der Waals surface area contributed by atoms with Gasteiger partial charge in [-0.2, -0.15) is 0 Å². The van der Waals surface area contributed by atoms with Crippen LogP contribution in [0.2, 0.25) is 0 Å². The Labute approximate surface area is 124 Å². The van der Waals surface area contributed by atoms with Crippen molar-refractivity contribution in [2.24, 2.45) is 5.73 Å². The normalized spacial score (nSPS) is 43.4. The second-order valence-corrected chi connectivity index (χ2v) is 7.56. The molecule has 20 heavy (non-hydrogen) atoms. The monoisotopic (exact) mass is 280 g/mol. The Kier molecular flexibility index (Phi) is 4.10. The number of fused-ring (bicyclic) bond motifs is 2. The highest BCUT2D eigenvalue weighted by atomic mass is 15.3. The highest BCUT2D eigenvalue weighted by molar-refractivity contribution is 5.07. The molecule has 4 heteroatoms. The topological polar surface area (TPSA) is 35.7 Å². The van der Waals surface area contributed by atoms with Crippen LogP contribution in [0.3, 0.4) is 0 Å². The van der Waals surface area contributed by atoms with Gasteiger partial charge in [0.05, 0.1) is 0 Å². The highest BCUT2D eigenvalue weighted by Gasteiger charge is 2.49. The molecule has 3 heterocycles. The summed E-state index contributed by atoms with van der Waals surface area (Å²) in [6, 6.07) is 2.22. The molecule has 116 valence electrons. The van der Waals surface area contributed by atoms with Crippen molar-refractivity contribution < 1.29 is 0 Å². The zero-order valence-electron chi connectivity index (χ0n) is 13.5. The lowest BCUT2D eigenvalue weighted by Gasteiger charge is -2.53. The molecule has 0 aromatic rings. The summed E-state index contributed by atoms with van der Waals surface area (Å²) in [5, 5.41) is 0. The molecule has 0 aromatic heterocycles. The molecule has 3 rings (SSSR count). The molecule has 0 saturated carbocycles. The summed E-state index contributed by atoms with van der Waals surface area (Å²) in [6.45, 7) is 3.29. The van der Waals surface area contributed by atoms with E-state index in [4.69, 9.17) is 5.73 Å². The molecule has 0 aliphatic carbocycles. The summed E-state index contributed by atoms with van der Waals surface area (Å²) in [6.07, 6.45) is 7.97. The maximum atomic E-state index is 6.30. The summed E-state index contributed by atoms with van der Waals surface area (Å²) in [5.41, 5.74) is 6.56. The molecule has 3 unspecified atom stereocenters. The highest BCUT2D eigenvalue weighted by Crippen LogP contribution is 2.43. The number of rotatable bonds is 3. The van der Waals surface area contributed by atoms with Crippen molar-refractivity contribution in [2.75, 3.05) is 40.8 Å². The van der Waals surface area contributed by atoms with Gasteiger partial charge in [-0.05, 0) is 66.2 Å². The van der Waals surface area contributed by atoms with Gasteiger partial charge in [0, 0.05) is 36.8 Å². The van der Waals surface area contributed by atoms with Crippen LogP contribution in [0.5, 0.6) is 0 Å².